The molecular formula is C18H21N3. The molecule has 3 nitrogen and oxygen atoms in total. The number of imidazole rings is 1. The summed E-state index contributed by atoms with van der Waals surface area (Å²) in [5.74, 6) is 0.806. The third kappa shape index (κ3) is 2.51. The number of anilines is 2. The average molecular weight is 279 g/mol. The van der Waals surface area contributed by atoms with Crippen LogP contribution in [0.3, 0.4) is 0 Å². The summed E-state index contributed by atoms with van der Waals surface area (Å²) in [6.07, 6.45) is 0.990. The molecule has 0 aliphatic carbocycles. The molecule has 3 heteroatoms. The van der Waals surface area contributed by atoms with Gasteiger partial charge in [0.15, 0.2) is 0 Å². The molecule has 0 amide bonds. The van der Waals surface area contributed by atoms with E-state index >= 15 is 0 Å². The fourth-order valence-electron chi connectivity index (χ4n) is 2.93. The zero-order valence-electron chi connectivity index (χ0n) is 13.0. The van der Waals surface area contributed by atoms with Crippen molar-refractivity contribution in [3.63, 3.8) is 0 Å². The number of para-hydroxylation sites is 1. The van der Waals surface area contributed by atoms with Crippen LogP contribution in [0, 0.1) is 20.8 Å². The van der Waals surface area contributed by atoms with Crippen molar-refractivity contribution >= 4 is 22.7 Å². The summed E-state index contributed by atoms with van der Waals surface area (Å²) in [4.78, 5) is 8.08. The molecule has 0 radical (unpaired) electrons. The van der Waals surface area contributed by atoms with Gasteiger partial charge in [0.1, 0.15) is 0 Å². The highest BCUT2D eigenvalue weighted by atomic mass is 15.1. The van der Waals surface area contributed by atoms with Crippen molar-refractivity contribution in [2.24, 2.45) is 0 Å². The van der Waals surface area contributed by atoms with Crippen LogP contribution in [0.1, 0.15) is 29.2 Å². The Hall–Kier alpha value is -2.29. The van der Waals surface area contributed by atoms with Gasteiger partial charge in [-0.2, -0.15) is 0 Å². The Bertz CT molecular complexity index is 776. The number of aryl methyl sites for hydroxylation is 4. The number of rotatable bonds is 3. The van der Waals surface area contributed by atoms with Gasteiger partial charge in [0.25, 0.3) is 0 Å². The monoisotopic (exact) mass is 279 g/mol. The maximum atomic E-state index is 4.72. The maximum absolute atomic E-state index is 4.72. The predicted octanol–water partition coefficient (Wildman–Crippen LogP) is 4.79. The van der Waals surface area contributed by atoms with Gasteiger partial charge in [0.2, 0.25) is 5.95 Å². The standard InChI is InChI=1S/C18H21N3/c1-5-14-7-6-8-15-17(14)21-18(19-15)20-16-12(3)9-11(2)10-13(16)4/h6-10H,5H2,1-4H3,(H2,19,20,21). The van der Waals surface area contributed by atoms with Gasteiger partial charge in [-0.15, -0.1) is 0 Å². The lowest BCUT2D eigenvalue weighted by Crippen LogP contribution is -1.98. The van der Waals surface area contributed by atoms with Crippen molar-refractivity contribution in [3.8, 4) is 0 Å². The zero-order valence-corrected chi connectivity index (χ0v) is 13.0. The first-order chi connectivity index (χ1) is 10.1. The Morgan fingerprint density at radius 3 is 2.48 bits per heavy atom. The summed E-state index contributed by atoms with van der Waals surface area (Å²) in [5.41, 5.74) is 8.32. The fourth-order valence-corrected chi connectivity index (χ4v) is 2.93. The number of nitrogens with zero attached hydrogens (tertiary/aromatic N) is 1. The van der Waals surface area contributed by atoms with Gasteiger partial charge in [-0.1, -0.05) is 36.8 Å². The third-order valence-electron chi connectivity index (χ3n) is 3.90. The van der Waals surface area contributed by atoms with Gasteiger partial charge in [-0.25, -0.2) is 4.98 Å². The van der Waals surface area contributed by atoms with E-state index in [9.17, 15) is 0 Å². The number of aromatic nitrogens is 2. The van der Waals surface area contributed by atoms with Crippen molar-refractivity contribution < 1.29 is 0 Å². The van der Waals surface area contributed by atoms with Gasteiger partial charge < -0.3 is 10.3 Å². The van der Waals surface area contributed by atoms with E-state index in [1.54, 1.807) is 0 Å². The molecule has 0 bridgehead atoms. The zero-order chi connectivity index (χ0) is 15.0. The van der Waals surface area contributed by atoms with Crippen LogP contribution >= 0.6 is 0 Å². The molecule has 1 aromatic heterocycles. The van der Waals surface area contributed by atoms with E-state index < -0.39 is 0 Å². The minimum absolute atomic E-state index is 0.806. The summed E-state index contributed by atoms with van der Waals surface area (Å²) in [5, 5.41) is 3.44. The second kappa shape index (κ2) is 5.24. The molecule has 0 spiro atoms. The molecule has 0 unspecified atom stereocenters. The first-order valence-corrected chi connectivity index (χ1v) is 7.41. The maximum Gasteiger partial charge on any atom is 0.205 e. The molecule has 3 rings (SSSR count). The van der Waals surface area contributed by atoms with Crippen LogP contribution in [0.2, 0.25) is 0 Å². The van der Waals surface area contributed by atoms with Crippen molar-refractivity contribution in [1.82, 2.24) is 9.97 Å². The fraction of sp³-hybridized carbons (Fsp3) is 0.278. The van der Waals surface area contributed by atoms with E-state index in [2.05, 4.69) is 68.3 Å². The first kappa shape index (κ1) is 13.7. The van der Waals surface area contributed by atoms with Crippen molar-refractivity contribution in [1.29, 1.82) is 0 Å². The number of aromatic amines is 1. The predicted molar refractivity (Wildman–Crippen MR) is 89.4 cm³/mol. The van der Waals surface area contributed by atoms with Gasteiger partial charge in [0.05, 0.1) is 11.0 Å². The summed E-state index contributed by atoms with van der Waals surface area (Å²) < 4.78 is 0. The summed E-state index contributed by atoms with van der Waals surface area (Å²) in [6.45, 7) is 8.54. The Kier molecular flexibility index (Phi) is 3.42. The minimum Gasteiger partial charge on any atom is -0.325 e. The van der Waals surface area contributed by atoms with Crippen molar-refractivity contribution in [2.45, 2.75) is 34.1 Å². The Labute approximate surface area is 125 Å². The number of fused-ring (bicyclic) bond motifs is 1. The molecule has 21 heavy (non-hydrogen) atoms. The van der Waals surface area contributed by atoms with E-state index in [1.165, 1.54) is 22.3 Å². The normalized spacial score (nSPS) is 11.0. The van der Waals surface area contributed by atoms with E-state index in [4.69, 9.17) is 4.98 Å². The van der Waals surface area contributed by atoms with Crippen LogP contribution in [-0.4, -0.2) is 9.97 Å². The van der Waals surface area contributed by atoms with Gasteiger partial charge in [-0.05, 0) is 49.9 Å². The lowest BCUT2D eigenvalue weighted by Gasteiger charge is -2.11. The van der Waals surface area contributed by atoms with Crippen LogP contribution in [0.5, 0.6) is 0 Å². The lowest BCUT2D eigenvalue weighted by molar-refractivity contribution is 1.15. The molecule has 0 aliphatic heterocycles. The molecule has 0 saturated carbocycles. The van der Waals surface area contributed by atoms with E-state index in [-0.39, 0.29) is 0 Å². The minimum atomic E-state index is 0.806. The first-order valence-electron chi connectivity index (χ1n) is 7.41. The molecule has 2 aromatic carbocycles. The lowest BCUT2D eigenvalue weighted by atomic mass is 10.1. The van der Waals surface area contributed by atoms with Gasteiger partial charge in [0, 0.05) is 5.69 Å². The van der Waals surface area contributed by atoms with Crippen LogP contribution in [-0.2, 0) is 6.42 Å². The van der Waals surface area contributed by atoms with Crippen LogP contribution in [0.4, 0.5) is 11.6 Å². The topological polar surface area (TPSA) is 40.7 Å². The second-order valence-electron chi connectivity index (χ2n) is 5.65. The molecule has 3 aromatic rings. The van der Waals surface area contributed by atoms with E-state index in [0.717, 1.165) is 29.1 Å². The van der Waals surface area contributed by atoms with E-state index in [1.807, 2.05) is 0 Å². The van der Waals surface area contributed by atoms with Crippen LogP contribution in [0.25, 0.3) is 11.0 Å². The summed E-state index contributed by atoms with van der Waals surface area (Å²) in [6, 6.07) is 10.7. The number of benzene rings is 2. The smallest absolute Gasteiger partial charge is 0.205 e. The number of hydrogen-bond donors (Lipinski definition) is 2. The Balaban J connectivity index is 2.03. The number of hydrogen-bond acceptors (Lipinski definition) is 2. The van der Waals surface area contributed by atoms with Crippen molar-refractivity contribution in [2.75, 3.05) is 5.32 Å². The molecule has 0 saturated heterocycles. The van der Waals surface area contributed by atoms with Gasteiger partial charge in [-0.3, -0.25) is 0 Å². The molecule has 2 N–H and O–H groups in total. The molecule has 0 aliphatic rings. The average Bonchev–Trinajstić information content (AvgIpc) is 2.85. The second-order valence-corrected chi connectivity index (χ2v) is 5.65. The van der Waals surface area contributed by atoms with Crippen molar-refractivity contribution in [3.05, 3.63) is 52.6 Å². The Morgan fingerprint density at radius 2 is 1.81 bits per heavy atom. The quantitative estimate of drug-likeness (QED) is 0.723. The third-order valence-corrected chi connectivity index (χ3v) is 3.90. The molecule has 0 fully saturated rings. The number of nitrogens with one attached hydrogen (secondary N) is 2. The highest BCUT2D eigenvalue weighted by Crippen LogP contribution is 2.26. The highest BCUT2D eigenvalue weighted by Gasteiger charge is 2.09. The SMILES string of the molecule is CCc1cccc2[nH]c(Nc3c(C)cc(C)cc3C)nc12. The van der Waals surface area contributed by atoms with E-state index in [0.29, 0.717) is 0 Å². The largest absolute Gasteiger partial charge is 0.325 e. The van der Waals surface area contributed by atoms with Crippen LogP contribution in [0.15, 0.2) is 30.3 Å². The summed E-state index contributed by atoms with van der Waals surface area (Å²) >= 11 is 0. The highest BCUT2D eigenvalue weighted by molar-refractivity contribution is 5.82. The molecule has 1 heterocycles. The van der Waals surface area contributed by atoms with Gasteiger partial charge >= 0.3 is 0 Å². The molecule has 108 valence electrons. The number of H-pyrrole nitrogens is 1. The molecule has 0 atom stereocenters. The van der Waals surface area contributed by atoms with Crippen LogP contribution < -0.4 is 5.32 Å². The Morgan fingerprint density at radius 1 is 1.10 bits per heavy atom. The molecular weight excluding hydrogens is 258 g/mol. The summed E-state index contributed by atoms with van der Waals surface area (Å²) in [7, 11) is 0.